The van der Waals surface area contributed by atoms with E-state index in [2.05, 4.69) is 11.8 Å². The summed E-state index contributed by atoms with van der Waals surface area (Å²) in [6, 6.07) is 0. The quantitative estimate of drug-likeness (QED) is 0.272. The Morgan fingerprint density at radius 1 is 0.480 bits per heavy atom. The largest absolute Gasteiger partial charge is 0.395 e. The van der Waals surface area contributed by atoms with E-state index in [0.29, 0.717) is 13.1 Å². The van der Waals surface area contributed by atoms with Crippen molar-refractivity contribution in [3.63, 3.8) is 0 Å². The van der Waals surface area contributed by atoms with Crippen LogP contribution in [0.15, 0.2) is 0 Å². The molecule has 0 atom stereocenters. The van der Waals surface area contributed by atoms with Gasteiger partial charge in [0.15, 0.2) is 0 Å². The molecule has 0 aromatic rings. The van der Waals surface area contributed by atoms with Gasteiger partial charge < -0.3 is 10.2 Å². The second-order valence-corrected chi connectivity index (χ2v) is 7.24. The molecule has 154 valence electrons. The second-order valence-electron chi connectivity index (χ2n) is 7.24. The highest BCUT2D eigenvalue weighted by molar-refractivity contribution is 5.85. The number of hydrogen-bond donors (Lipinski definition) is 2. The van der Waals surface area contributed by atoms with E-state index in [-0.39, 0.29) is 25.6 Å². The lowest BCUT2D eigenvalue weighted by Gasteiger charge is -2.19. The molecule has 0 aromatic heterocycles. The molecule has 0 bridgehead atoms. The fourth-order valence-corrected chi connectivity index (χ4v) is 3.32. The first-order chi connectivity index (χ1) is 11.8. The van der Waals surface area contributed by atoms with Gasteiger partial charge in [0.1, 0.15) is 0 Å². The van der Waals surface area contributed by atoms with Crippen LogP contribution in [-0.4, -0.2) is 48.0 Å². The Balaban J connectivity index is 0. The zero-order valence-electron chi connectivity index (χ0n) is 16.9. The molecular weight excluding hydrogens is 334 g/mol. The second kappa shape index (κ2) is 24.2. The van der Waals surface area contributed by atoms with Crippen LogP contribution in [0.2, 0.25) is 0 Å². The Hall–Kier alpha value is 0.170. The zero-order valence-corrected chi connectivity index (χ0v) is 17.7. The standard InChI is InChI=1S/C21H45NO2.ClH/c1-2-3-4-5-6-7-8-9-10-11-12-13-14-15-16-17-22(18-20-23)19-21-24;/h23-24H,2-21H2,1H3;1H. The Morgan fingerprint density at radius 2 is 0.800 bits per heavy atom. The zero-order chi connectivity index (χ0) is 17.7. The summed E-state index contributed by atoms with van der Waals surface area (Å²) >= 11 is 0. The molecule has 0 saturated heterocycles. The lowest BCUT2D eigenvalue weighted by molar-refractivity contribution is 0.159. The van der Waals surface area contributed by atoms with Crippen LogP contribution in [0, 0.1) is 0 Å². The van der Waals surface area contributed by atoms with Gasteiger partial charge in [-0.25, -0.2) is 0 Å². The molecule has 0 aliphatic carbocycles. The summed E-state index contributed by atoms with van der Waals surface area (Å²) in [7, 11) is 0. The smallest absolute Gasteiger partial charge is 0.0558 e. The monoisotopic (exact) mass is 379 g/mol. The summed E-state index contributed by atoms with van der Waals surface area (Å²) in [5, 5.41) is 17.9. The van der Waals surface area contributed by atoms with Gasteiger partial charge in [-0.3, -0.25) is 4.90 Å². The average molecular weight is 380 g/mol. The van der Waals surface area contributed by atoms with Crippen molar-refractivity contribution in [2.75, 3.05) is 32.8 Å². The van der Waals surface area contributed by atoms with Crippen molar-refractivity contribution in [1.82, 2.24) is 4.90 Å². The van der Waals surface area contributed by atoms with E-state index in [4.69, 9.17) is 10.2 Å². The number of aliphatic hydroxyl groups excluding tert-OH is 2. The van der Waals surface area contributed by atoms with Crippen molar-refractivity contribution in [3.8, 4) is 0 Å². The number of halogens is 1. The van der Waals surface area contributed by atoms with Crippen molar-refractivity contribution in [2.24, 2.45) is 0 Å². The van der Waals surface area contributed by atoms with Gasteiger partial charge in [-0.05, 0) is 13.0 Å². The van der Waals surface area contributed by atoms with Crippen LogP contribution in [0.25, 0.3) is 0 Å². The minimum absolute atomic E-state index is 0. The number of aliphatic hydroxyl groups is 2. The Labute approximate surface area is 164 Å². The molecule has 0 rings (SSSR count). The van der Waals surface area contributed by atoms with Crippen LogP contribution >= 0.6 is 12.4 Å². The predicted molar refractivity (Wildman–Crippen MR) is 113 cm³/mol. The van der Waals surface area contributed by atoms with Gasteiger partial charge in [0, 0.05) is 13.1 Å². The van der Waals surface area contributed by atoms with E-state index in [0.717, 1.165) is 6.54 Å². The molecule has 3 nitrogen and oxygen atoms in total. The first-order valence-electron chi connectivity index (χ1n) is 10.8. The lowest BCUT2D eigenvalue weighted by atomic mass is 10.0. The molecule has 0 amide bonds. The predicted octanol–water partition coefficient (Wildman–Crippen LogP) is 5.57. The Bertz CT molecular complexity index is 224. The van der Waals surface area contributed by atoms with Crippen LogP contribution in [0.1, 0.15) is 103 Å². The van der Waals surface area contributed by atoms with Crippen LogP contribution in [0.4, 0.5) is 0 Å². The molecule has 0 aliphatic rings. The topological polar surface area (TPSA) is 43.7 Å². The van der Waals surface area contributed by atoms with E-state index in [1.165, 1.54) is 96.3 Å². The number of hydrogen-bond acceptors (Lipinski definition) is 3. The summed E-state index contributed by atoms with van der Waals surface area (Å²) in [4.78, 5) is 2.16. The van der Waals surface area contributed by atoms with Crippen LogP contribution in [0.3, 0.4) is 0 Å². The Morgan fingerprint density at radius 3 is 1.12 bits per heavy atom. The molecule has 0 unspecified atom stereocenters. The fraction of sp³-hybridized carbons (Fsp3) is 1.00. The molecule has 4 heteroatoms. The van der Waals surface area contributed by atoms with Gasteiger partial charge in [-0.15, -0.1) is 12.4 Å². The van der Waals surface area contributed by atoms with E-state index in [1.807, 2.05) is 0 Å². The summed E-state index contributed by atoms with van der Waals surface area (Å²) in [6.45, 7) is 5.07. The van der Waals surface area contributed by atoms with Crippen LogP contribution in [-0.2, 0) is 0 Å². The summed E-state index contributed by atoms with van der Waals surface area (Å²) < 4.78 is 0. The van der Waals surface area contributed by atoms with Gasteiger partial charge in [0.2, 0.25) is 0 Å². The normalized spacial score (nSPS) is 11.0. The number of nitrogens with zero attached hydrogens (tertiary/aromatic N) is 1. The van der Waals surface area contributed by atoms with E-state index in [1.54, 1.807) is 0 Å². The molecule has 0 radical (unpaired) electrons. The molecular formula is C21H46ClNO2. The van der Waals surface area contributed by atoms with E-state index < -0.39 is 0 Å². The van der Waals surface area contributed by atoms with Gasteiger partial charge >= 0.3 is 0 Å². The molecule has 0 saturated carbocycles. The summed E-state index contributed by atoms with van der Waals surface area (Å²) in [5.74, 6) is 0. The van der Waals surface area contributed by atoms with Crippen molar-refractivity contribution in [2.45, 2.75) is 103 Å². The van der Waals surface area contributed by atoms with Crippen molar-refractivity contribution in [1.29, 1.82) is 0 Å². The van der Waals surface area contributed by atoms with Gasteiger partial charge in [0.25, 0.3) is 0 Å². The molecule has 25 heavy (non-hydrogen) atoms. The highest BCUT2D eigenvalue weighted by atomic mass is 35.5. The lowest BCUT2D eigenvalue weighted by Crippen LogP contribution is -2.30. The third-order valence-corrected chi connectivity index (χ3v) is 4.91. The van der Waals surface area contributed by atoms with Crippen molar-refractivity contribution in [3.05, 3.63) is 0 Å². The first-order valence-corrected chi connectivity index (χ1v) is 10.8. The molecule has 0 fully saturated rings. The maximum atomic E-state index is 8.97. The maximum Gasteiger partial charge on any atom is 0.0558 e. The molecule has 0 heterocycles. The first kappa shape index (κ1) is 27.4. The van der Waals surface area contributed by atoms with Gasteiger partial charge in [-0.2, -0.15) is 0 Å². The number of rotatable bonds is 20. The molecule has 0 aliphatic heterocycles. The Kier molecular flexibility index (Phi) is 26.5. The SMILES string of the molecule is CCCCCCCCCCCCCCCCCN(CCO)CCO.Cl. The molecule has 0 aromatic carbocycles. The van der Waals surface area contributed by atoms with E-state index in [9.17, 15) is 0 Å². The van der Waals surface area contributed by atoms with Crippen molar-refractivity contribution >= 4 is 12.4 Å². The fourth-order valence-electron chi connectivity index (χ4n) is 3.32. The minimum atomic E-state index is 0. The highest BCUT2D eigenvalue weighted by Gasteiger charge is 2.02. The van der Waals surface area contributed by atoms with E-state index >= 15 is 0 Å². The average Bonchev–Trinajstić information content (AvgIpc) is 2.58. The third-order valence-electron chi connectivity index (χ3n) is 4.91. The number of unbranched alkanes of at least 4 members (excludes halogenated alkanes) is 14. The molecule has 0 spiro atoms. The summed E-state index contributed by atoms with van der Waals surface area (Å²) in [6.07, 6.45) is 20.8. The summed E-state index contributed by atoms with van der Waals surface area (Å²) in [5.41, 5.74) is 0. The van der Waals surface area contributed by atoms with Gasteiger partial charge in [-0.1, -0.05) is 96.8 Å². The van der Waals surface area contributed by atoms with Gasteiger partial charge in [0.05, 0.1) is 13.2 Å². The van der Waals surface area contributed by atoms with Crippen LogP contribution < -0.4 is 0 Å². The minimum Gasteiger partial charge on any atom is -0.395 e. The third kappa shape index (κ3) is 22.1. The highest BCUT2D eigenvalue weighted by Crippen LogP contribution is 2.13. The van der Waals surface area contributed by atoms with Crippen LogP contribution in [0.5, 0.6) is 0 Å². The molecule has 2 N–H and O–H groups in total. The maximum absolute atomic E-state index is 8.97. The van der Waals surface area contributed by atoms with Crippen molar-refractivity contribution < 1.29 is 10.2 Å².